The molecular formula is C18H26N2O. The van der Waals surface area contributed by atoms with E-state index in [-0.39, 0.29) is 5.91 Å². The van der Waals surface area contributed by atoms with Gasteiger partial charge in [0.25, 0.3) is 5.91 Å². The number of fused-ring (bicyclic) bond motifs is 1. The molecule has 0 saturated carbocycles. The van der Waals surface area contributed by atoms with Gasteiger partial charge in [0, 0.05) is 25.2 Å². The molecule has 0 spiro atoms. The van der Waals surface area contributed by atoms with Crippen molar-refractivity contribution in [3.05, 3.63) is 34.9 Å². The van der Waals surface area contributed by atoms with Crippen molar-refractivity contribution in [2.45, 2.75) is 33.1 Å². The van der Waals surface area contributed by atoms with Gasteiger partial charge in [-0.25, -0.2) is 0 Å². The number of nitrogens with zero attached hydrogens (tertiary/aromatic N) is 2. The smallest absolute Gasteiger partial charge is 0.254 e. The van der Waals surface area contributed by atoms with Crippen LogP contribution >= 0.6 is 0 Å². The molecule has 3 nitrogen and oxygen atoms in total. The Morgan fingerprint density at radius 2 is 1.90 bits per heavy atom. The Morgan fingerprint density at radius 1 is 1.14 bits per heavy atom. The summed E-state index contributed by atoms with van der Waals surface area (Å²) in [7, 11) is 0. The van der Waals surface area contributed by atoms with Crippen molar-refractivity contribution in [1.29, 1.82) is 0 Å². The third kappa shape index (κ3) is 3.29. The summed E-state index contributed by atoms with van der Waals surface area (Å²) in [6.45, 7) is 9.59. The number of aryl methyl sites for hydroxylation is 1. The van der Waals surface area contributed by atoms with Crippen molar-refractivity contribution in [2.24, 2.45) is 5.92 Å². The molecule has 0 N–H and O–H groups in total. The molecule has 2 heterocycles. The van der Waals surface area contributed by atoms with E-state index in [0.717, 1.165) is 37.5 Å². The van der Waals surface area contributed by atoms with Crippen molar-refractivity contribution in [1.82, 2.24) is 9.80 Å². The number of hydrogen-bond acceptors (Lipinski definition) is 2. The number of benzene rings is 1. The Bertz CT molecular complexity index is 518. The fourth-order valence-corrected chi connectivity index (χ4v) is 3.43. The van der Waals surface area contributed by atoms with E-state index in [0.29, 0.717) is 0 Å². The van der Waals surface area contributed by atoms with Crippen LogP contribution in [0.1, 0.15) is 41.3 Å². The summed E-state index contributed by atoms with van der Waals surface area (Å²) >= 11 is 0. The molecular weight excluding hydrogens is 260 g/mol. The van der Waals surface area contributed by atoms with Crippen LogP contribution in [0.5, 0.6) is 0 Å². The first kappa shape index (κ1) is 14.6. The number of hydrogen-bond donors (Lipinski definition) is 0. The molecule has 1 saturated heterocycles. The first-order valence-electron chi connectivity index (χ1n) is 8.24. The zero-order valence-corrected chi connectivity index (χ0v) is 13.3. The highest BCUT2D eigenvalue weighted by Gasteiger charge is 2.25. The SMILES string of the molecule is Cc1ccc2c(c1)CCN(CCN1CCC(C)CC1)C2=O. The Kier molecular flexibility index (Phi) is 4.29. The summed E-state index contributed by atoms with van der Waals surface area (Å²) in [4.78, 5) is 17.1. The zero-order chi connectivity index (χ0) is 14.8. The number of carbonyl (C=O) groups is 1. The lowest BCUT2D eigenvalue weighted by Gasteiger charge is -2.34. The number of likely N-dealkylation sites (tertiary alicyclic amines) is 1. The molecule has 2 aliphatic heterocycles. The molecule has 0 unspecified atom stereocenters. The fraction of sp³-hybridized carbons (Fsp3) is 0.611. The second-order valence-corrected chi connectivity index (χ2v) is 6.73. The van der Waals surface area contributed by atoms with Gasteiger partial charge in [-0.2, -0.15) is 0 Å². The minimum Gasteiger partial charge on any atom is -0.337 e. The summed E-state index contributed by atoms with van der Waals surface area (Å²) in [5.41, 5.74) is 3.39. The van der Waals surface area contributed by atoms with Crippen LogP contribution in [-0.4, -0.2) is 48.4 Å². The molecule has 0 atom stereocenters. The van der Waals surface area contributed by atoms with Crippen molar-refractivity contribution >= 4 is 5.91 Å². The van der Waals surface area contributed by atoms with E-state index in [2.05, 4.69) is 24.8 Å². The summed E-state index contributed by atoms with van der Waals surface area (Å²) < 4.78 is 0. The lowest BCUT2D eigenvalue weighted by atomic mass is 9.97. The number of amides is 1. The molecule has 1 amide bonds. The normalized spacial score (nSPS) is 20.7. The average Bonchev–Trinajstić information content (AvgIpc) is 2.48. The molecule has 0 bridgehead atoms. The van der Waals surface area contributed by atoms with E-state index in [1.807, 2.05) is 17.0 Å². The van der Waals surface area contributed by atoms with Gasteiger partial charge in [-0.1, -0.05) is 24.6 Å². The lowest BCUT2D eigenvalue weighted by Crippen LogP contribution is -2.44. The quantitative estimate of drug-likeness (QED) is 0.853. The lowest BCUT2D eigenvalue weighted by molar-refractivity contribution is 0.0707. The second-order valence-electron chi connectivity index (χ2n) is 6.73. The van der Waals surface area contributed by atoms with Crippen molar-refractivity contribution in [3.8, 4) is 0 Å². The van der Waals surface area contributed by atoms with Gasteiger partial charge in [-0.05, 0) is 56.8 Å². The molecule has 1 aromatic carbocycles. The maximum Gasteiger partial charge on any atom is 0.254 e. The number of rotatable bonds is 3. The van der Waals surface area contributed by atoms with Gasteiger partial charge >= 0.3 is 0 Å². The van der Waals surface area contributed by atoms with E-state index in [1.165, 1.54) is 37.1 Å². The minimum atomic E-state index is 0.224. The fourth-order valence-electron chi connectivity index (χ4n) is 3.43. The molecule has 0 aromatic heterocycles. The monoisotopic (exact) mass is 286 g/mol. The van der Waals surface area contributed by atoms with Crippen LogP contribution < -0.4 is 0 Å². The molecule has 1 fully saturated rings. The summed E-state index contributed by atoms with van der Waals surface area (Å²) in [5, 5.41) is 0. The Hall–Kier alpha value is -1.35. The van der Waals surface area contributed by atoms with Gasteiger partial charge in [0.15, 0.2) is 0 Å². The van der Waals surface area contributed by atoms with Crippen LogP contribution in [0.4, 0.5) is 0 Å². The first-order chi connectivity index (χ1) is 10.1. The molecule has 3 rings (SSSR count). The van der Waals surface area contributed by atoms with Gasteiger partial charge in [-0.15, -0.1) is 0 Å². The third-order valence-corrected chi connectivity index (χ3v) is 4.99. The van der Waals surface area contributed by atoms with Crippen molar-refractivity contribution in [3.63, 3.8) is 0 Å². The largest absolute Gasteiger partial charge is 0.337 e. The highest BCUT2D eigenvalue weighted by atomic mass is 16.2. The first-order valence-corrected chi connectivity index (χ1v) is 8.24. The van der Waals surface area contributed by atoms with E-state index in [9.17, 15) is 4.79 Å². The van der Waals surface area contributed by atoms with Crippen LogP contribution in [-0.2, 0) is 6.42 Å². The predicted octanol–water partition coefficient (Wildman–Crippen LogP) is 2.73. The minimum absolute atomic E-state index is 0.224. The van der Waals surface area contributed by atoms with E-state index in [4.69, 9.17) is 0 Å². The molecule has 114 valence electrons. The topological polar surface area (TPSA) is 23.6 Å². The van der Waals surface area contributed by atoms with Gasteiger partial charge < -0.3 is 9.80 Å². The highest BCUT2D eigenvalue weighted by molar-refractivity contribution is 5.96. The molecule has 0 aliphatic carbocycles. The van der Waals surface area contributed by atoms with E-state index in [1.54, 1.807) is 0 Å². The zero-order valence-electron chi connectivity index (χ0n) is 13.3. The Morgan fingerprint density at radius 3 is 2.67 bits per heavy atom. The second kappa shape index (κ2) is 6.18. The summed E-state index contributed by atoms with van der Waals surface area (Å²) in [5.74, 6) is 1.09. The summed E-state index contributed by atoms with van der Waals surface area (Å²) in [6, 6.07) is 6.21. The predicted molar refractivity (Wildman–Crippen MR) is 85.6 cm³/mol. The molecule has 1 aromatic rings. The van der Waals surface area contributed by atoms with Crippen LogP contribution in [0.25, 0.3) is 0 Å². The molecule has 21 heavy (non-hydrogen) atoms. The van der Waals surface area contributed by atoms with Crippen LogP contribution in [0.15, 0.2) is 18.2 Å². The van der Waals surface area contributed by atoms with Gasteiger partial charge in [0.05, 0.1) is 0 Å². The Balaban J connectivity index is 1.58. The average molecular weight is 286 g/mol. The highest BCUT2D eigenvalue weighted by Crippen LogP contribution is 2.21. The van der Waals surface area contributed by atoms with Gasteiger partial charge in [0.2, 0.25) is 0 Å². The van der Waals surface area contributed by atoms with Crippen LogP contribution in [0.2, 0.25) is 0 Å². The Labute approximate surface area is 127 Å². The maximum absolute atomic E-state index is 12.6. The van der Waals surface area contributed by atoms with Crippen LogP contribution in [0.3, 0.4) is 0 Å². The number of carbonyl (C=O) groups excluding carboxylic acids is 1. The van der Waals surface area contributed by atoms with Crippen LogP contribution in [0, 0.1) is 12.8 Å². The van der Waals surface area contributed by atoms with Crippen molar-refractivity contribution in [2.75, 3.05) is 32.7 Å². The number of piperidine rings is 1. The molecule has 0 radical (unpaired) electrons. The van der Waals surface area contributed by atoms with E-state index < -0.39 is 0 Å². The maximum atomic E-state index is 12.6. The van der Waals surface area contributed by atoms with Gasteiger partial charge in [-0.3, -0.25) is 4.79 Å². The molecule has 2 aliphatic rings. The van der Waals surface area contributed by atoms with Crippen molar-refractivity contribution < 1.29 is 4.79 Å². The molecule has 3 heteroatoms. The van der Waals surface area contributed by atoms with E-state index >= 15 is 0 Å². The summed E-state index contributed by atoms with van der Waals surface area (Å²) in [6.07, 6.45) is 3.60. The standard InChI is InChI=1S/C18H26N2O/c1-14-5-8-19(9-6-14)11-12-20-10-7-16-13-15(2)3-4-17(16)18(20)21/h3-4,13-14H,5-12H2,1-2H3. The third-order valence-electron chi connectivity index (χ3n) is 4.99. The van der Waals surface area contributed by atoms with Gasteiger partial charge in [0.1, 0.15) is 0 Å².